The molecule has 4 heterocycles. The number of aryl methyl sites for hydroxylation is 2. The zero-order valence-electron chi connectivity index (χ0n) is 22.0. The number of fused-ring (bicyclic) bond motifs is 1. The van der Waals surface area contributed by atoms with Gasteiger partial charge in [-0.15, -0.1) is 0 Å². The number of halogens is 1. The van der Waals surface area contributed by atoms with Crippen LogP contribution in [-0.4, -0.2) is 38.5 Å². The van der Waals surface area contributed by atoms with E-state index < -0.39 is 0 Å². The van der Waals surface area contributed by atoms with E-state index in [4.69, 9.17) is 4.74 Å². The summed E-state index contributed by atoms with van der Waals surface area (Å²) in [5.41, 5.74) is 4.22. The molecule has 1 aliphatic heterocycles. The van der Waals surface area contributed by atoms with E-state index in [1.807, 2.05) is 42.5 Å². The quantitative estimate of drug-likeness (QED) is 0.271. The molecule has 1 aliphatic rings. The molecule has 0 bridgehead atoms. The fourth-order valence-electron chi connectivity index (χ4n) is 5.36. The Bertz CT molecular complexity index is 1670. The smallest absolute Gasteiger partial charge is 0.273 e. The number of ketones is 1. The Hall–Kier alpha value is -4.43. The van der Waals surface area contributed by atoms with Gasteiger partial charge < -0.3 is 9.72 Å². The van der Waals surface area contributed by atoms with Crippen molar-refractivity contribution in [3.63, 3.8) is 0 Å². The van der Waals surface area contributed by atoms with Crippen LogP contribution in [0.1, 0.15) is 29.8 Å². The third kappa shape index (κ3) is 5.22. The molecule has 1 N–H and O–H groups in total. The minimum atomic E-state index is -0.286. The monoisotopic (exact) mass is 536 g/mol. The summed E-state index contributed by atoms with van der Waals surface area (Å²) in [4.78, 5) is 39.0. The molecule has 0 aliphatic carbocycles. The van der Waals surface area contributed by atoms with Crippen LogP contribution in [-0.2, 0) is 34.3 Å². The molecule has 202 valence electrons. The maximum absolute atomic E-state index is 13.7. The second-order valence-electron chi connectivity index (χ2n) is 10.4. The predicted molar refractivity (Wildman–Crippen MR) is 151 cm³/mol. The summed E-state index contributed by atoms with van der Waals surface area (Å²) < 4.78 is 20.6. The number of hydrogen-bond donors (Lipinski definition) is 1. The van der Waals surface area contributed by atoms with Gasteiger partial charge >= 0.3 is 0 Å². The molecular weight excluding hydrogens is 507 g/mol. The summed E-state index contributed by atoms with van der Waals surface area (Å²) in [6, 6.07) is 19.9. The fraction of sp³-hybridized carbons (Fsp3) is 0.250. The Balaban J connectivity index is 1.23. The molecule has 3 aromatic heterocycles. The van der Waals surface area contributed by atoms with E-state index in [0.717, 1.165) is 27.7 Å². The number of Topliss-reactive ketones (excluding diaryl/α,β-unsaturated/α-hetero) is 1. The van der Waals surface area contributed by atoms with Gasteiger partial charge in [0.2, 0.25) is 0 Å². The van der Waals surface area contributed by atoms with E-state index in [2.05, 4.69) is 15.0 Å². The van der Waals surface area contributed by atoms with Crippen molar-refractivity contribution >= 4 is 16.7 Å². The number of carbonyl (C=O) groups excluding carboxylic acids is 1. The zero-order valence-corrected chi connectivity index (χ0v) is 22.0. The highest BCUT2D eigenvalue weighted by Crippen LogP contribution is 2.36. The number of hydrogen-bond acceptors (Lipinski definition) is 5. The molecule has 0 saturated carbocycles. The number of pyridine rings is 1. The first-order valence-electron chi connectivity index (χ1n) is 13.4. The van der Waals surface area contributed by atoms with E-state index >= 15 is 0 Å². The average Bonchev–Trinajstić information content (AvgIpc) is 3.38. The Kier molecular flexibility index (Phi) is 7.09. The van der Waals surface area contributed by atoms with Gasteiger partial charge in [-0.3, -0.25) is 24.1 Å². The topological polar surface area (TPSA) is 89.9 Å². The van der Waals surface area contributed by atoms with Crippen LogP contribution in [0.4, 0.5) is 4.39 Å². The average molecular weight is 537 g/mol. The number of aromatic amines is 1. The van der Waals surface area contributed by atoms with Crippen LogP contribution in [0.5, 0.6) is 0 Å². The molecular formula is C32H29FN4O3. The maximum Gasteiger partial charge on any atom is 0.273 e. The molecule has 2 aromatic carbocycles. The minimum absolute atomic E-state index is 0.0351. The van der Waals surface area contributed by atoms with Gasteiger partial charge in [0, 0.05) is 40.8 Å². The summed E-state index contributed by atoms with van der Waals surface area (Å²) in [5.74, 6) is -0.324. The van der Waals surface area contributed by atoms with Crippen LogP contribution in [0.25, 0.3) is 22.2 Å². The number of benzene rings is 2. The van der Waals surface area contributed by atoms with Crippen LogP contribution < -0.4 is 5.56 Å². The second-order valence-corrected chi connectivity index (χ2v) is 10.4. The van der Waals surface area contributed by atoms with Gasteiger partial charge in [-0.25, -0.2) is 4.39 Å². The van der Waals surface area contributed by atoms with Gasteiger partial charge in [-0.2, -0.15) is 0 Å². The van der Waals surface area contributed by atoms with Crippen molar-refractivity contribution in [2.45, 2.75) is 37.6 Å². The number of nitrogens with one attached hydrogen (secondary N) is 1. The first kappa shape index (κ1) is 25.8. The molecule has 0 radical (unpaired) electrons. The second kappa shape index (κ2) is 11.0. The molecule has 6 rings (SSSR count). The van der Waals surface area contributed by atoms with Crippen LogP contribution in [0.15, 0.2) is 90.1 Å². The Labute approximate surface area is 230 Å². The lowest BCUT2D eigenvalue weighted by atomic mass is 9.75. The van der Waals surface area contributed by atoms with Crippen LogP contribution >= 0.6 is 0 Å². The van der Waals surface area contributed by atoms with Gasteiger partial charge in [-0.1, -0.05) is 42.5 Å². The molecule has 40 heavy (non-hydrogen) atoms. The highest BCUT2D eigenvalue weighted by molar-refractivity contribution is 5.81. The number of rotatable bonds is 10. The lowest BCUT2D eigenvalue weighted by molar-refractivity contribution is -0.119. The summed E-state index contributed by atoms with van der Waals surface area (Å²) >= 11 is 0. The number of H-pyrrole nitrogens is 1. The molecule has 8 heteroatoms. The third-order valence-electron chi connectivity index (χ3n) is 7.73. The van der Waals surface area contributed by atoms with Crippen LogP contribution in [0.3, 0.4) is 0 Å². The van der Waals surface area contributed by atoms with Crippen molar-refractivity contribution in [3.8, 4) is 11.3 Å². The van der Waals surface area contributed by atoms with E-state index in [0.29, 0.717) is 50.3 Å². The molecule has 1 saturated heterocycles. The number of aromatic nitrogens is 4. The SMILES string of the molecule is O=C(CCc1cc2cnccc2[nH]1)Cn1c(-c2ccccc2)cnc(CCC2(c3ccc(F)cc3)COC2)c1=O. The first-order chi connectivity index (χ1) is 19.5. The maximum atomic E-state index is 13.7. The van der Waals surface area contributed by atoms with Crippen LogP contribution in [0.2, 0.25) is 0 Å². The van der Waals surface area contributed by atoms with Gasteiger partial charge in [0.15, 0.2) is 5.78 Å². The Morgan fingerprint density at radius 2 is 1.82 bits per heavy atom. The fourth-order valence-corrected chi connectivity index (χ4v) is 5.36. The summed E-state index contributed by atoms with van der Waals surface area (Å²) in [6.07, 6.45) is 7.10. The van der Waals surface area contributed by atoms with Crippen molar-refractivity contribution < 1.29 is 13.9 Å². The summed E-state index contributed by atoms with van der Waals surface area (Å²) in [5, 5.41) is 1.00. The third-order valence-corrected chi connectivity index (χ3v) is 7.73. The van der Waals surface area contributed by atoms with E-state index in [-0.39, 0.29) is 29.1 Å². The number of ether oxygens (including phenoxy) is 1. The highest BCUT2D eigenvalue weighted by Gasteiger charge is 2.40. The van der Waals surface area contributed by atoms with Crippen LogP contribution in [0, 0.1) is 5.82 Å². The molecule has 0 atom stereocenters. The normalized spacial score (nSPS) is 14.2. The molecule has 5 aromatic rings. The van der Waals surface area contributed by atoms with E-state index in [1.54, 1.807) is 35.3 Å². The Morgan fingerprint density at radius 1 is 1.02 bits per heavy atom. The van der Waals surface area contributed by atoms with Crippen molar-refractivity contribution in [1.82, 2.24) is 19.5 Å². The van der Waals surface area contributed by atoms with Crippen molar-refractivity contribution in [2.24, 2.45) is 0 Å². The predicted octanol–water partition coefficient (Wildman–Crippen LogP) is 5.03. The van der Waals surface area contributed by atoms with E-state index in [1.165, 1.54) is 12.1 Å². The van der Waals surface area contributed by atoms with Gasteiger partial charge in [0.05, 0.1) is 31.6 Å². The van der Waals surface area contributed by atoms with Crippen molar-refractivity contribution in [2.75, 3.05) is 13.2 Å². The Morgan fingerprint density at radius 3 is 2.55 bits per heavy atom. The van der Waals surface area contributed by atoms with Crippen molar-refractivity contribution in [3.05, 3.63) is 118 Å². The first-order valence-corrected chi connectivity index (χ1v) is 13.4. The van der Waals surface area contributed by atoms with Gasteiger partial charge in [0.1, 0.15) is 11.5 Å². The molecule has 0 spiro atoms. The number of carbonyl (C=O) groups is 1. The summed E-state index contributed by atoms with van der Waals surface area (Å²) in [7, 11) is 0. The number of nitrogens with zero attached hydrogens (tertiary/aromatic N) is 3. The lowest BCUT2D eigenvalue weighted by Gasteiger charge is -2.42. The lowest BCUT2D eigenvalue weighted by Crippen LogP contribution is -2.47. The van der Waals surface area contributed by atoms with Gasteiger partial charge in [0.25, 0.3) is 5.56 Å². The molecule has 0 unspecified atom stereocenters. The standard InChI is InChI=1S/C32H29FN4O3/c33-25-8-6-24(7-9-25)32(20-40-21-32)14-12-29-31(39)37(30(18-35-29)22-4-2-1-3-5-22)19-27(38)11-10-26-16-23-17-34-15-13-28(23)36-26/h1-9,13,15-18,36H,10-12,14,19-21H2. The highest BCUT2D eigenvalue weighted by atomic mass is 19.1. The van der Waals surface area contributed by atoms with E-state index in [9.17, 15) is 14.0 Å². The van der Waals surface area contributed by atoms with Gasteiger partial charge in [-0.05, 0) is 54.7 Å². The minimum Gasteiger partial charge on any atom is -0.379 e. The zero-order chi connectivity index (χ0) is 27.5. The molecule has 7 nitrogen and oxygen atoms in total. The summed E-state index contributed by atoms with van der Waals surface area (Å²) in [6.45, 7) is 0.987. The molecule has 1 fully saturated rings. The largest absolute Gasteiger partial charge is 0.379 e. The molecule has 0 amide bonds. The van der Waals surface area contributed by atoms with Crippen molar-refractivity contribution in [1.29, 1.82) is 0 Å².